The van der Waals surface area contributed by atoms with Gasteiger partial charge in [-0.25, -0.2) is 14.6 Å². The van der Waals surface area contributed by atoms with Gasteiger partial charge in [-0.15, -0.1) is 0 Å². The molecule has 0 N–H and O–H groups in total. The minimum absolute atomic E-state index is 0.0383. The Bertz CT molecular complexity index is 1690. The molecule has 4 heterocycles. The van der Waals surface area contributed by atoms with Crippen molar-refractivity contribution in [2.45, 2.75) is 64.8 Å². The Balaban J connectivity index is 1.24. The molecule has 0 spiro atoms. The third-order valence-corrected chi connectivity index (χ3v) is 9.39. The lowest BCUT2D eigenvalue weighted by molar-refractivity contribution is -0.0394. The molecule has 1 saturated heterocycles. The molecule has 1 unspecified atom stereocenters. The molecule has 0 aliphatic carbocycles. The van der Waals surface area contributed by atoms with Crippen molar-refractivity contribution >= 4 is 41.7 Å². The molecule has 9 nitrogen and oxygen atoms in total. The normalized spacial score (nSPS) is 16.1. The number of hydrogen-bond acceptors (Lipinski definition) is 7. The number of hydrogen-bond donors (Lipinski definition) is 0. The Kier molecular flexibility index (Phi) is 7.82. The van der Waals surface area contributed by atoms with Crippen LogP contribution in [0.5, 0.6) is 11.5 Å². The van der Waals surface area contributed by atoms with Crippen LogP contribution in [-0.2, 0) is 16.2 Å². The molecule has 214 valence electrons. The van der Waals surface area contributed by atoms with Gasteiger partial charge in [-0.2, -0.15) is 5.10 Å². The summed E-state index contributed by atoms with van der Waals surface area (Å²) in [5.41, 5.74) is 4.65. The van der Waals surface area contributed by atoms with Gasteiger partial charge < -0.3 is 18.8 Å². The van der Waals surface area contributed by atoms with E-state index in [2.05, 4.69) is 34.3 Å². The number of nitrogens with zero attached hydrogens (tertiary/aromatic N) is 6. The second-order valence-corrected chi connectivity index (χ2v) is 17.7. The lowest BCUT2D eigenvalue weighted by Crippen LogP contribution is -2.22. The fourth-order valence-corrected chi connectivity index (χ4v) is 5.91. The molecule has 5 aromatic rings. The second-order valence-electron chi connectivity index (χ2n) is 11.7. The zero-order chi connectivity index (χ0) is 28.6. The van der Waals surface area contributed by atoms with E-state index in [9.17, 15) is 0 Å². The van der Waals surface area contributed by atoms with E-state index >= 15 is 0 Å². The first-order valence-electron chi connectivity index (χ1n) is 14.1. The van der Waals surface area contributed by atoms with Crippen LogP contribution in [0.15, 0.2) is 48.9 Å². The number of halogens is 1. The summed E-state index contributed by atoms with van der Waals surface area (Å²) in [7, 11) is -1.15. The highest BCUT2D eigenvalue weighted by atomic mass is 35.5. The van der Waals surface area contributed by atoms with E-state index in [1.165, 1.54) is 0 Å². The molecule has 1 atom stereocenters. The molecule has 0 saturated carbocycles. The number of benzene rings is 2. The molecule has 6 rings (SSSR count). The maximum atomic E-state index is 6.85. The van der Waals surface area contributed by atoms with Crippen molar-refractivity contribution in [3.8, 4) is 22.8 Å². The molecule has 41 heavy (non-hydrogen) atoms. The van der Waals surface area contributed by atoms with Crippen LogP contribution in [0.1, 0.15) is 31.3 Å². The van der Waals surface area contributed by atoms with Gasteiger partial charge in [0.15, 0.2) is 0 Å². The summed E-state index contributed by atoms with van der Waals surface area (Å²) in [6.45, 7) is 11.0. The summed E-state index contributed by atoms with van der Waals surface area (Å²) in [5.74, 6) is 2.06. The van der Waals surface area contributed by atoms with Crippen LogP contribution in [0.2, 0.25) is 30.7 Å². The van der Waals surface area contributed by atoms with Crippen LogP contribution in [0.4, 0.5) is 0 Å². The average molecular weight is 591 g/mol. The molecule has 0 radical (unpaired) electrons. The molecule has 0 amide bonds. The number of rotatable bonds is 9. The van der Waals surface area contributed by atoms with Crippen LogP contribution in [0.3, 0.4) is 0 Å². The highest BCUT2D eigenvalue weighted by Gasteiger charge is 2.19. The highest BCUT2D eigenvalue weighted by Crippen LogP contribution is 2.36. The second kappa shape index (κ2) is 11.5. The number of imidazole rings is 1. The smallest absolute Gasteiger partial charge is 0.150 e. The van der Waals surface area contributed by atoms with Gasteiger partial charge in [0.1, 0.15) is 40.8 Å². The quantitative estimate of drug-likeness (QED) is 0.129. The fraction of sp³-hybridized carbons (Fsp3) is 0.400. The zero-order valence-corrected chi connectivity index (χ0v) is 25.7. The van der Waals surface area contributed by atoms with Gasteiger partial charge in [0.2, 0.25) is 0 Å². The Morgan fingerprint density at radius 3 is 2.73 bits per heavy atom. The molecular formula is C30H35ClN6O3Si. The molecule has 3 aromatic heterocycles. The SMILES string of the molecule is Cc1nc2ccc(Oc3ccc4ncc(-c5cnn(C6CCCCO6)c5)nc4c3Cl)cc2n1COCC[Si](C)(C)C. The highest BCUT2D eigenvalue weighted by molar-refractivity contribution is 6.76. The molecule has 11 heteroatoms. The van der Waals surface area contributed by atoms with E-state index < -0.39 is 8.07 Å². The molecular weight excluding hydrogens is 556 g/mol. The lowest BCUT2D eigenvalue weighted by Gasteiger charge is -2.22. The summed E-state index contributed by atoms with van der Waals surface area (Å²) in [6, 6.07) is 10.6. The fourth-order valence-electron chi connectivity index (χ4n) is 4.92. The summed E-state index contributed by atoms with van der Waals surface area (Å²) in [6.07, 6.45) is 8.62. The van der Waals surface area contributed by atoms with E-state index in [0.717, 1.165) is 60.9 Å². The van der Waals surface area contributed by atoms with Crippen LogP contribution in [0, 0.1) is 6.92 Å². The molecule has 1 aliphatic heterocycles. The maximum Gasteiger partial charge on any atom is 0.150 e. The lowest BCUT2D eigenvalue weighted by atomic mass is 10.2. The first-order valence-corrected chi connectivity index (χ1v) is 18.2. The summed E-state index contributed by atoms with van der Waals surface area (Å²) in [5, 5.41) is 4.91. The van der Waals surface area contributed by atoms with E-state index in [1.54, 1.807) is 12.4 Å². The first-order chi connectivity index (χ1) is 19.7. The van der Waals surface area contributed by atoms with Gasteiger partial charge in [0, 0.05) is 39.1 Å². The maximum absolute atomic E-state index is 6.85. The van der Waals surface area contributed by atoms with E-state index in [1.807, 2.05) is 48.1 Å². The Hall–Kier alpha value is -3.31. The van der Waals surface area contributed by atoms with Crippen molar-refractivity contribution in [2.75, 3.05) is 13.2 Å². The summed E-state index contributed by atoms with van der Waals surface area (Å²) >= 11 is 6.85. The van der Waals surface area contributed by atoms with Gasteiger partial charge in [-0.05, 0) is 56.5 Å². The largest absolute Gasteiger partial charge is 0.456 e. The topological polar surface area (TPSA) is 89.1 Å². The third kappa shape index (κ3) is 6.15. The van der Waals surface area contributed by atoms with Gasteiger partial charge in [0.25, 0.3) is 0 Å². The van der Waals surface area contributed by atoms with Crippen molar-refractivity contribution in [1.29, 1.82) is 0 Å². The van der Waals surface area contributed by atoms with Crippen LogP contribution in [-0.4, -0.2) is 50.6 Å². The summed E-state index contributed by atoms with van der Waals surface area (Å²) in [4.78, 5) is 14.1. The van der Waals surface area contributed by atoms with Gasteiger partial charge in [-0.1, -0.05) is 31.2 Å². The van der Waals surface area contributed by atoms with E-state index in [4.69, 9.17) is 35.8 Å². The van der Waals surface area contributed by atoms with Crippen molar-refractivity contribution in [3.05, 3.63) is 59.8 Å². The minimum atomic E-state index is -1.15. The minimum Gasteiger partial charge on any atom is -0.456 e. The molecule has 2 aromatic carbocycles. The third-order valence-electron chi connectivity index (χ3n) is 7.32. The predicted octanol–water partition coefficient (Wildman–Crippen LogP) is 7.61. The number of aryl methyl sites for hydroxylation is 1. The molecule has 1 fully saturated rings. The van der Waals surface area contributed by atoms with Crippen LogP contribution < -0.4 is 4.74 Å². The average Bonchev–Trinajstić information content (AvgIpc) is 3.57. The Morgan fingerprint density at radius 1 is 1.07 bits per heavy atom. The summed E-state index contributed by atoms with van der Waals surface area (Å²) < 4.78 is 22.1. The Morgan fingerprint density at radius 2 is 1.93 bits per heavy atom. The number of aromatic nitrogens is 6. The number of ether oxygens (including phenoxy) is 3. The zero-order valence-electron chi connectivity index (χ0n) is 23.9. The van der Waals surface area contributed by atoms with Crippen molar-refractivity contribution in [3.63, 3.8) is 0 Å². The van der Waals surface area contributed by atoms with Gasteiger partial charge in [-0.3, -0.25) is 4.98 Å². The Labute approximate surface area is 245 Å². The van der Waals surface area contributed by atoms with Crippen LogP contribution >= 0.6 is 11.6 Å². The standard InChI is InChI=1S/C30H35ClN6O3Si/c1-20-34-23-9-8-22(15-26(23)36(20)19-38-13-14-41(2,3)4)40-27-11-10-24-30(29(27)31)35-25(17-32-24)21-16-33-37(18-21)28-7-5-6-12-39-28/h8-11,15-18,28H,5-7,12-14,19H2,1-4H3. The molecule has 1 aliphatic rings. The van der Waals surface area contributed by atoms with Gasteiger partial charge >= 0.3 is 0 Å². The number of fused-ring (bicyclic) bond motifs is 2. The van der Waals surface area contributed by atoms with E-state index in [0.29, 0.717) is 40.0 Å². The van der Waals surface area contributed by atoms with Crippen LogP contribution in [0.25, 0.3) is 33.3 Å². The van der Waals surface area contributed by atoms with Crippen molar-refractivity contribution in [2.24, 2.45) is 0 Å². The first kappa shape index (κ1) is 27.8. The van der Waals surface area contributed by atoms with Crippen molar-refractivity contribution in [1.82, 2.24) is 29.3 Å². The van der Waals surface area contributed by atoms with Crippen molar-refractivity contribution < 1.29 is 14.2 Å². The molecule has 0 bridgehead atoms. The monoisotopic (exact) mass is 590 g/mol. The predicted molar refractivity (Wildman–Crippen MR) is 163 cm³/mol. The van der Waals surface area contributed by atoms with E-state index in [-0.39, 0.29) is 6.23 Å². The van der Waals surface area contributed by atoms with Gasteiger partial charge in [0.05, 0.1) is 34.6 Å².